The van der Waals surface area contributed by atoms with Gasteiger partial charge in [-0.2, -0.15) is 0 Å². The zero-order valence-corrected chi connectivity index (χ0v) is 12.5. The van der Waals surface area contributed by atoms with Gasteiger partial charge in [-0.15, -0.1) is 0 Å². The fraction of sp³-hybridized carbons (Fsp3) is 0.571. The molecule has 0 bridgehead atoms. The molecule has 2 rings (SSSR count). The van der Waals surface area contributed by atoms with Crippen LogP contribution < -0.4 is 5.32 Å². The minimum Gasteiger partial charge on any atom is -0.310 e. The van der Waals surface area contributed by atoms with E-state index in [4.69, 9.17) is 0 Å². The number of nitrogens with zero attached hydrogens (tertiary/aromatic N) is 1. The van der Waals surface area contributed by atoms with E-state index in [2.05, 4.69) is 40.1 Å². The van der Waals surface area contributed by atoms with E-state index in [-0.39, 0.29) is 5.82 Å². The van der Waals surface area contributed by atoms with Crippen molar-refractivity contribution in [1.82, 2.24) is 10.2 Å². The number of likely N-dealkylation sites (tertiary alicyclic amines) is 1. The third kappa shape index (κ3) is 3.31. The molecule has 1 aliphatic rings. The van der Waals surface area contributed by atoms with Crippen LogP contribution in [0.25, 0.3) is 0 Å². The lowest BCUT2D eigenvalue weighted by Crippen LogP contribution is -2.45. The van der Waals surface area contributed by atoms with Crippen molar-refractivity contribution in [1.29, 1.82) is 0 Å². The average molecular weight is 315 g/mol. The Kier molecular flexibility index (Phi) is 4.76. The van der Waals surface area contributed by atoms with Crippen molar-refractivity contribution in [2.75, 3.05) is 13.6 Å². The first-order valence-electron chi connectivity index (χ1n) is 6.44. The van der Waals surface area contributed by atoms with Crippen LogP contribution in [0.2, 0.25) is 0 Å². The molecule has 1 fully saturated rings. The number of rotatable bonds is 3. The normalized spacial score (nSPS) is 25.3. The molecule has 1 aromatic rings. The molecule has 100 valence electrons. The van der Waals surface area contributed by atoms with Crippen LogP contribution in [0.5, 0.6) is 0 Å². The molecule has 0 amide bonds. The van der Waals surface area contributed by atoms with E-state index in [1.807, 2.05) is 6.07 Å². The summed E-state index contributed by atoms with van der Waals surface area (Å²) in [5.74, 6) is -0.189. The molecule has 1 N–H and O–H groups in total. The zero-order valence-electron chi connectivity index (χ0n) is 10.9. The standard InChI is InChI=1S/C14H20BrFN2/c1-10-8-12(6-7-18(10)2)17-9-11-4-3-5-13(16)14(11)15/h3-5,10,12,17H,6-9H2,1-2H3. The molecule has 18 heavy (non-hydrogen) atoms. The molecular weight excluding hydrogens is 295 g/mol. The first-order chi connectivity index (χ1) is 8.58. The SMILES string of the molecule is CC1CC(NCc2cccc(F)c2Br)CCN1C. The Hall–Kier alpha value is -0.450. The number of hydrogen-bond donors (Lipinski definition) is 1. The Bertz CT molecular complexity index is 411. The molecule has 1 aromatic carbocycles. The molecular formula is C14H20BrFN2. The van der Waals surface area contributed by atoms with Crippen LogP contribution in [-0.4, -0.2) is 30.6 Å². The lowest BCUT2D eigenvalue weighted by molar-refractivity contribution is 0.168. The molecule has 1 aliphatic heterocycles. The summed E-state index contributed by atoms with van der Waals surface area (Å²) >= 11 is 3.30. The van der Waals surface area contributed by atoms with Crippen LogP contribution in [0.15, 0.2) is 22.7 Å². The van der Waals surface area contributed by atoms with Crippen LogP contribution >= 0.6 is 15.9 Å². The smallest absolute Gasteiger partial charge is 0.137 e. The predicted octanol–water partition coefficient (Wildman–Crippen LogP) is 3.16. The largest absolute Gasteiger partial charge is 0.310 e. The van der Waals surface area contributed by atoms with Gasteiger partial charge in [0.25, 0.3) is 0 Å². The minimum absolute atomic E-state index is 0.189. The first kappa shape index (κ1) is 14.0. The van der Waals surface area contributed by atoms with Crippen LogP contribution in [0.1, 0.15) is 25.3 Å². The third-order valence-corrected chi connectivity index (χ3v) is 4.71. The van der Waals surface area contributed by atoms with Crippen LogP contribution in [-0.2, 0) is 6.54 Å². The van der Waals surface area contributed by atoms with Crippen molar-refractivity contribution >= 4 is 15.9 Å². The lowest BCUT2D eigenvalue weighted by Gasteiger charge is -2.35. The van der Waals surface area contributed by atoms with Gasteiger partial charge in [-0.25, -0.2) is 4.39 Å². The van der Waals surface area contributed by atoms with Gasteiger partial charge in [-0.3, -0.25) is 0 Å². The Labute approximate surface area is 117 Å². The van der Waals surface area contributed by atoms with Gasteiger partial charge >= 0.3 is 0 Å². The van der Waals surface area contributed by atoms with E-state index < -0.39 is 0 Å². The van der Waals surface area contributed by atoms with Gasteiger partial charge < -0.3 is 10.2 Å². The van der Waals surface area contributed by atoms with Crippen molar-refractivity contribution in [2.45, 2.75) is 38.4 Å². The lowest BCUT2D eigenvalue weighted by atomic mass is 9.99. The number of benzene rings is 1. The maximum absolute atomic E-state index is 13.4. The summed E-state index contributed by atoms with van der Waals surface area (Å²) < 4.78 is 14.0. The maximum atomic E-state index is 13.4. The Morgan fingerprint density at radius 3 is 3.00 bits per heavy atom. The number of hydrogen-bond acceptors (Lipinski definition) is 2. The third-order valence-electron chi connectivity index (χ3n) is 3.82. The van der Waals surface area contributed by atoms with Gasteiger partial charge in [0, 0.05) is 18.6 Å². The highest BCUT2D eigenvalue weighted by Crippen LogP contribution is 2.21. The van der Waals surface area contributed by atoms with Gasteiger partial charge in [0.15, 0.2) is 0 Å². The quantitative estimate of drug-likeness (QED) is 0.922. The summed E-state index contributed by atoms with van der Waals surface area (Å²) in [5, 5.41) is 3.53. The van der Waals surface area contributed by atoms with Crippen LogP contribution in [0.3, 0.4) is 0 Å². The van der Waals surface area contributed by atoms with E-state index in [1.165, 1.54) is 6.07 Å². The molecule has 1 saturated heterocycles. The monoisotopic (exact) mass is 314 g/mol. The number of halogens is 2. The van der Waals surface area contributed by atoms with E-state index in [0.29, 0.717) is 16.6 Å². The molecule has 0 saturated carbocycles. The minimum atomic E-state index is -0.189. The molecule has 1 heterocycles. The van der Waals surface area contributed by atoms with Crippen molar-refractivity contribution in [3.63, 3.8) is 0 Å². The fourth-order valence-electron chi connectivity index (χ4n) is 2.41. The molecule has 0 spiro atoms. The van der Waals surface area contributed by atoms with Gasteiger partial charge in [-0.1, -0.05) is 12.1 Å². The summed E-state index contributed by atoms with van der Waals surface area (Å²) in [7, 11) is 2.17. The highest BCUT2D eigenvalue weighted by atomic mass is 79.9. The van der Waals surface area contributed by atoms with Gasteiger partial charge in [0.2, 0.25) is 0 Å². The van der Waals surface area contributed by atoms with Crippen molar-refractivity contribution in [3.05, 3.63) is 34.1 Å². The molecule has 0 aliphatic carbocycles. The first-order valence-corrected chi connectivity index (χ1v) is 7.23. The Morgan fingerprint density at radius 1 is 1.50 bits per heavy atom. The van der Waals surface area contributed by atoms with Gasteiger partial charge in [0.1, 0.15) is 5.82 Å². The average Bonchev–Trinajstić information content (AvgIpc) is 2.35. The van der Waals surface area contributed by atoms with E-state index in [1.54, 1.807) is 6.07 Å². The van der Waals surface area contributed by atoms with Crippen molar-refractivity contribution < 1.29 is 4.39 Å². The molecule has 0 radical (unpaired) electrons. The highest BCUT2D eigenvalue weighted by molar-refractivity contribution is 9.10. The summed E-state index contributed by atoms with van der Waals surface area (Å²) in [6, 6.07) is 6.34. The molecule has 0 aromatic heterocycles. The number of nitrogens with one attached hydrogen (secondary N) is 1. The fourth-order valence-corrected chi connectivity index (χ4v) is 2.82. The zero-order chi connectivity index (χ0) is 13.1. The van der Waals surface area contributed by atoms with Crippen LogP contribution in [0, 0.1) is 5.82 Å². The molecule has 2 unspecified atom stereocenters. The number of piperidine rings is 1. The summed E-state index contributed by atoms with van der Waals surface area (Å²) in [5.41, 5.74) is 0.988. The Morgan fingerprint density at radius 2 is 2.28 bits per heavy atom. The van der Waals surface area contributed by atoms with E-state index in [0.717, 1.165) is 31.5 Å². The van der Waals surface area contributed by atoms with E-state index in [9.17, 15) is 4.39 Å². The van der Waals surface area contributed by atoms with Crippen LogP contribution in [0.4, 0.5) is 4.39 Å². The summed E-state index contributed by atoms with van der Waals surface area (Å²) in [6.07, 6.45) is 2.32. The van der Waals surface area contributed by atoms with E-state index >= 15 is 0 Å². The summed E-state index contributed by atoms with van der Waals surface area (Å²) in [4.78, 5) is 2.39. The summed E-state index contributed by atoms with van der Waals surface area (Å²) in [6.45, 7) is 4.11. The molecule has 2 atom stereocenters. The predicted molar refractivity (Wildman–Crippen MR) is 76.1 cm³/mol. The second-order valence-electron chi connectivity index (χ2n) is 5.14. The highest BCUT2D eigenvalue weighted by Gasteiger charge is 2.22. The van der Waals surface area contributed by atoms with Crippen molar-refractivity contribution in [2.24, 2.45) is 0 Å². The second-order valence-corrected chi connectivity index (χ2v) is 5.94. The van der Waals surface area contributed by atoms with Gasteiger partial charge in [0.05, 0.1) is 4.47 Å². The molecule has 4 heteroatoms. The van der Waals surface area contributed by atoms with Gasteiger partial charge in [-0.05, 0) is 60.9 Å². The Balaban J connectivity index is 1.90. The topological polar surface area (TPSA) is 15.3 Å². The van der Waals surface area contributed by atoms with Crippen molar-refractivity contribution in [3.8, 4) is 0 Å². The molecule has 2 nitrogen and oxygen atoms in total. The second kappa shape index (κ2) is 6.13. The maximum Gasteiger partial charge on any atom is 0.137 e.